The van der Waals surface area contributed by atoms with Crippen molar-refractivity contribution in [2.45, 2.75) is 4.90 Å². The molecule has 0 aliphatic rings. The van der Waals surface area contributed by atoms with E-state index in [0.29, 0.717) is 5.82 Å². The number of nitrogens with one attached hydrogen (secondary N) is 1. The van der Waals surface area contributed by atoms with Crippen LogP contribution in [0.15, 0.2) is 53.4 Å². The molecule has 2 aromatic carbocycles. The minimum absolute atomic E-state index is 0.220. The van der Waals surface area contributed by atoms with Crippen molar-refractivity contribution in [1.29, 1.82) is 0 Å². The Hall–Kier alpha value is -1.61. The number of para-hydroxylation sites is 1. The lowest BCUT2D eigenvalue weighted by molar-refractivity contribution is 0.601. The first kappa shape index (κ1) is 14.3. The highest BCUT2D eigenvalue weighted by atomic mass is 127. The third kappa shape index (κ3) is 2.75. The fourth-order valence-corrected chi connectivity index (χ4v) is 3.47. The molecule has 0 spiro atoms. The summed E-state index contributed by atoms with van der Waals surface area (Å²) in [7, 11) is -1.85. The highest BCUT2D eigenvalue weighted by Crippen LogP contribution is 2.24. The van der Waals surface area contributed by atoms with Gasteiger partial charge in [0.05, 0.1) is 10.4 Å². The molecule has 7 heteroatoms. The molecule has 3 rings (SSSR count). The number of hydrogen-bond acceptors (Lipinski definition) is 3. The van der Waals surface area contributed by atoms with E-state index >= 15 is 0 Å². The Labute approximate surface area is 136 Å². The van der Waals surface area contributed by atoms with Crippen molar-refractivity contribution >= 4 is 49.3 Å². The maximum Gasteiger partial charge on any atom is 0.263 e. The number of rotatable bonds is 3. The number of aryl methyl sites for hydroxylation is 1. The van der Waals surface area contributed by atoms with Crippen molar-refractivity contribution < 1.29 is 8.42 Å². The van der Waals surface area contributed by atoms with E-state index in [1.54, 1.807) is 36.0 Å². The number of anilines is 1. The Morgan fingerprint density at radius 1 is 1.10 bits per heavy atom. The second-order valence-corrected chi connectivity index (χ2v) is 7.48. The summed E-state index contributed by atoms with van der Waals surface area (Å²) in [6, 6.07) is 14.1. The Bertz CT molecular complexity index is 902. The van der Waals surface area contributed by atoms with Crippen molar-refractivity contribution in [2.24, 2.45) is 7.05 Å². The second kappa shape index (κ2) is 5.30. The summed E-state index contributed by atoms with van der Waals surface area (Å²) in [5, 5.41) is 5.02. The summed E-state index contributed by atoms with van der Waals surface area (Å²) in [6.07, 6.45) is 0. The van der Waals surface area contributed by atoms with Gasteiger partial charge in [0.15, 0.2) is 5.82 Å². The first-order valence-corrected chi connectivity index (χ1v) is 8.74. The fourth-order valence-electron chi connectivity index (χ4n) is 2.09. The zero-order chi connectivity index (χ0) is 15.0. The van der Waals surface area contributed by atoms with Crippen LogP contribution in [0, 0.1) is 3.57 Å². The first-order chi connectivity index (χ1) is 9.97. The number of benzene rings is 2. The molecule has 0 aliphatic carbocycles. The van der Waals surface area contributed by atoms with Crippen LogP contribution in [0.5, 0.6) is 0 Å². The van der Waals surface area contributed by atoms with E-state index in [0.717, 1.165) is 14.5 Å². The molecule has 0 aliphatic heterocycles. The molecule has 0 unspecified atom stereocenters. The molecule has 1 N–H and O–H groups in total. The molecule has 0 saturated carbocycles. The van der Waals surface area contributed by atoms with E-state index in [1.165, 1.54) is 0 Å². The van der Waals surface area contributed by atoms with Crippen LogP contribution in [0.4, 0.5) is 5.82 Å². The number of nitrogens with zero attached hydrogens (tertiary/aromatic N) is 2. The maximum absolute atomic E-state index is 12.4. The van der Waals surface area contributed by atoms with Crippen molar-refractivity contribution in [1.82, 2.24) is 9.78 Å². The molecule has 1 heterocycles. The van der Waals surface area contributed by atoms with Crippen molar-refractivity contribution in [3.8, 4) is 0 Å². The average molecular weight is 413 g/mol. The molecular formula is C14H12IN3O2S. The number of hydrogen-bond donors (Lipinski definition) is 1. The highest BCUT2D eigenvalue weighted by Gasteiger charge is 2.18. The standard InChI is InChI=1S/C14H12IN3O2S/c1-18-13-5-3-2-4-12(13)14(16-18)17-21(19,20)11-8-6-10(15)7-9-11/h2-9H,1H3,(H,16,17). The monoisotopic (exact) mass is 413 g/mol. The van der Waals surface area contributed by atoms with Crippen LogP contribution in [0.1, 0.15) is 0 Å². The molecule has 3 aromatic rings. The van der Waals surface area contributed by atoms with Gasteiger partial charge < -0.3 is 0 Å². The largest absolute Gasteiger partial charge is 0.266 e. The summed E-state index contributed by atoms with van der Waals surface area (Å²) < 4.78 is 30.0. The predicted molar refractivity (Wildman–Crippen MR) is 90.7 cm³/mol. The van der Waals surface area contributed by atoms with Gasteiger partial charge in [-0.2, -0.15) is 5.10 Å². The molecule has 0 atom stereocenters. The van der Waals surface area contributed by atoms with Gasteiger partial charge in [0.1, 0.15) is 0 Å². The van der Waals surface area contributed by atoms with Crippen molar-refractivity contribution in [3.05, 3.63) is 52.1 Å². The lowest BCUT2D eigenvalue weighted by atomic mass is 10.2. The molecule has 1 aromatic heterocycles. The zero-order valence-corrected chi connectivity index (χ0v) is 14.1. The van der Waals surface area contributed by atoms with Crippen LogP contribution in [-0.4, -0.2) is 18.2 Å². The van der Waals surface area contributed by atoms with E-state index in [4.69, 9.17) is 0 Å². The van der Waals surface area contributed by atoms with Crippen LogP contribution in [0.2, 0.25) is 0 Å². The summed E-state index contributed by atoms with van der Waals surface area (Å²) in [6.45, 7) is 0. The predicted octanol–water partition coefficient (Wildman–Crippen LogP) is 2.98. The number of halogens is 1. The minimum Gasteiger partial charge on any atom is -0.266 e. The fraction of sp³-hybridized carbons (Fsp3) is 0.0714. The molecule has 108 valence electrons. The smallest absolute Gasteiger partial charge is 0.263 e. The van der Waals surface area contributed by atoms with Gasteiger partial charge in [-0.1, -0.05) is 12.1 Å². The SMILES string of the molecule is Cn1nc(NS(=O)(=O)c2ccc(I)cc2)c2ccccc21. The van der Waals surface area contributed by atoms with Crippen LogP contribution < -0.4 is 4.72 Å². The van der Waals surface area contributed by atoms with Crippen molar-refractivity contribution in [2.75, 3.05) is 4.72 Å². The van der Waals surface area contributed by atoms with Gasteiger partial charge in [-0.25, -0.2) is 8.42 Å². The first-order valence-electron chi connectivity index (χ1n) is 6.17. The third-order valence-electron chi connectivity index (χ3n) is 3.11. The summed E-state index contributed by atoms with van der Waals surface area (Å²) >= 11 is 2.13. The third-order valence-corrected chi connectivity index (χ3v) is 5.19. The van der Waals surface area contributed by atoms with Crippen LogP contribution in [-0.2, 0) is 17.1 Å². The zero-order valence-electron chi connectivity index (χ0n) is 11.1. The molecule has 0 amide bonds. The lowest BCUT2D eigenvalue weighted by Gasteiger charge is -2.06. The lowest BCUT2D eigenvalue weighted by Crippen LogP contribution is -2.13. The van der Waals surface area contributed by atoms with E-state index in [2.05, 4.69) is 32.4 Å². The summed E-state index contributed by atoms with van der Waals surface area (Å²) in [4.78, 5) is 0.220. The number of fused-ring (bicyclic) bond motifs is 1. The Morgan fingerprint density at radius 3 is 2.48 bits per heavy atom. The molecule has 0 bridgehead atoms. The summed E-state index contributed by atoms with van der Waals surface area (Å²) in [5.74, 6) is 0.339. The van der Waals surface area contributed by atoms with Gasteiger partial charge in [0.25, 0.3) is 10.0 Å². The van der Waals surface area contributed by atoms with Gasteiger partial charge >= 0.3 is 0 Å². The Kier molecular flexibility index (Phi) is 3.62. The van der Waals surface area contributed by atoms with Crippen LogP contribution in [0.25, 0.3) is 10.9 Å². The molecule has 0 saturated heterocycles. The van der Waals surface area contributed by atoms with Gasteiger partial charge in [-0.15, -0.1) is 0 Å². The minimum atomic E-state index is -3.64. The molecular weight excluding hydrogens is 401 g/mol. The van der Waals surface area contributed by atoms with Crippen molar-refractivity contribution in [3.63, 3.8) is 0 Å². The van der Waals surface area contributed by atoms with E-state index in [-0.39, 0.29) is 4.90 Å². The average Bonchev–Trinajstić information content (AvgIpc) is 2.76. The quantitative estimate of drug-likeness (QED) is 0.672. The normalized spacial score (nSPS) is 11.7. The van der Waals surface area contributed by atoms with Gasteiger partial charge in [0, 0.05) is 16.0 Å². The van der Waals surface area contributed by atoms with Gasteiger partial charge in [-0.3, -0.25) is 9.40 Å². The van der Waals surface area contributed by atoms with Gasteiger partial charge in [0.2, 0.25) is 0 Å². The van der Waals surface area contributed by atoms with Gasteiger partial charge in [-0.05, 0) is 59.0 Å². The maximum atomic E-state index is 12.4. The number of sulfonamides is 1. The van der Waals surface area contributed by atoms with Crippen LogP contribution in [0.3, 0.4) is 0 Å². The van der Waals surface area contributed by atoms with E-state index in [9.17, 15) is 8.42 Å². The molecule has 5 nitrogen and oxygen atoms in total. The van der Waals surface area contributed by atoms with Crippen LogP contribution >= 0.6 is 22.6 Å². The molecule has 0 fully saturated rings. The topological polar surface area (TPSA) is 64.0 Å². The Morgan fingerprint density at radius 2 is 1.76 bits per heavy atom. The highest BCUT2D eigenvalue weighted by molar-refractivity contribution is 14.1. The molecule has 0 radical (unpaired) electrons. The van der Waals surface area contributed by atoms with E-state index < -0.39 is 10.0 Å². The molecule has 21 heavy (non-hydrogen) atoms. The second-order valence-electron chi connectivity index (χ2n) is 4.55. The Balaban J connectivity index is 2.03. The number of aromatic nitrogens is 2. The van der Waals surface area contributed by atoms with E-state index in [1.807, 2.05) is 24.3 Å². The summed E-state index contributed by atoms with van der Waals surface area (Å²) in [5.41, 5.74) is 0.873.